The van der Waals surface area contributed by atoms with Crippen LogP contribution in [-0.2, 0) is 19.1 Å². The van der Waals surface area contributed by atoms with Gasteiger partial charge in [-0.05, 0) is 43.0 Å². The highest BCUT2D eigenvalue weighted by Crippen LogP contribution is 2.44. The Bertz CT molecular complexity index is 994. The van der Waals surface area contributed by atoms with Gasteiger partial charge in [0.15, 0.2) is 0 Å². The van der Waals surface area contributed by atoms with Crippen LogP contribution < -0.4 is 10.6 Å². The molecule has 1 aliphatic rings. The summed E-state index contributed by atoms with van der Waals surface area (Å²) in [5.41, 5.74) is 2.96. The molecular formula is C25H30N2O6. The SMILES string of the molecule is COCC(C)(NC(=O)OCC1c2ccccc2-c2ccccc21)C(=O)NC(C)C(C)C(=O)O. The second-order valence-corrected chi connectivity index (χ2v) is 8.60. The Labute approximate surface area is 193 Å². The molecule has 3 rings (SSSR count). The van der Waals surface area contributed by atoms with Gasteiger partial charge in [-0.25, -0.2) is 4.79 Å². The minimum Gasteiger partial charge on any atom is -0.481 e. The molecule has 8 heteroatoms. The van der Waals surface area contributed by atoms with Crippen molar-refractivity contribution in [1.82, 2.24) is 10.6 Å². The van der Waals surface area contributed by atoms with E-state index in [-0.39, 0.29) is 19.1 Å². The molecule has 0 radical (unpaired) electrons. The van der Waals surface area contributed by atoms with Crippen LogP contribution in [0.15, 0.2) is 48.5 Å². The van der Waals surface area contributed by atoms with E-state index in [1.807, 2.05) is 48.5 Å². The van der Waals surface area contributed by atoms with E-state index < -0.39 is 35.5 Å². The predicted molar refractivity (Wildman–Crippen MR) is 123 cm³/mol. The highest BCUT2D eigenvalue weighted by Gasteiger charge is 2.38. The van der Waals surface area contributed by atoms with Crippen LogP contribution in [0.4, 0.5) is 4.79 Å². The molecule has 3 atom stereocenters. The molecule has 8 nitrogen and oxygen atoms in total. The molecular weight excluding hydrogens is 424 g/mol. The molecule has 3 unspecified atom stereocenters. The number of carboxylic acids is 1. The van der Waals surface area contributed by atoms with Gasteiger partial charge in [-0.3, -0.25) is 9.59 Å². The molecule has 0 saturated heterocycles. The van der Waals surface area contributed by atoms with Crippen molar-refractivity contribution in [2.45, 2.75) is 38.3 Å². The van der Waals surface area contributed by atoms with Crippen molar-refractivity contribution in [2.24, 2.45) is 5.92 Å². The molecule has 0 bridgehead atoms. The number of ether oxygens (including phenoxy) is 2. The Hall–Kier alpha value is -3.39. The van der Waals surface area contributed by atoms with Crippen LogP contribution in [0.1, 0.15) is 37.8 Å². The Balaban J connectivity index is 1.68. The van der Waals surface area contributed by atoms with Crippen molar-refractivity contribution in [2.75, 3.05) is 20.3 Å². The van der Waals surface area contributed by atoms with Gasteiger partial charge < -0.3 is 25.2 Å². The second kappa shape index (κ2) is 10.0. The first-order valence-corrected chi connectivity index (χ1v) is 10.8. The molecule has 0 aliphatic heterocycles. The number of alkyl carbamates (subject to hydrolysis) is 1. The third-order valence-corrected chi connectivity index (χ3v) is 6.15. The first kappa shape index (κ1) is 24.3. The molecule has 176 valence electrons. The topological polar surface area (TPSA) is 114 Å². The van der Waals surface area contributed by atoms with Crippen LogP contribution in [0.25, 0.3) is 11.1 Å². The van der Waals surface area contributed by atoms with Crippen molar-refractivity contribution < 1.29 is 29.0 Å². The van der Waals surface area contributed by atoms with Gasteiger partial charge >= 0.3 is 12.1 Å². The predicted octanol–water partition coefficient (Wildman–Crippen LogP) is 3.16. The summed E-state index contributed by atoms with van der Waals surface area (Å²) in [5, 5.41) is 14.4. The zero-order valence-electron chi connectivity index (χ0n) is 19.3. The maximum atomic E-state index is 12.9. The van der Waals surface area contributed by atoms with Crippen LogP contribution in [0.3, 0.4) is 0 Å². The average Bonchev–Trinajstić information content (AvgIpc) is 3.11. The summed E-state index contributed by atoms with van der Waals surface area (Å²) < 4.78 is 10.7. The standard InChI is InChI=1S/C25H30N2O6/c1-15(22(28)29)16(2)26-23(30)25(3,14-32-4)27-24(31)33-13-21-19-11-7-5-9-17(19)18-10-6-8-12-20(18)21/h5-12,15-16,21H,13-14H2,1-4H3,(H,26,30)(H,27,31)(H,28,29). The Morgan fingerprint density at radius 2 is 1.58 bits per heavy atom. The lowest BCUT2D eigenvalue weighted by molar-refractivity contribution is -0.142. The van der Waals surface area contributed by atoms with Crippen LogP contribution in [-0.4, -0.2) is 55.0 Å². The normalized spacial score (nSPS) is 16.0. The Kier molecular flexibility index (Phi) is 7.38. The first-order chi connectivity index (χ1) is 15.7. The molecule has 0 fully saturated rings. The van der Waals surface area contributed by atoms with Gasteiger partial charge in [-0.15, -0.1) is 0 Å². The van der Waals surface area contributed by atoms with Gasteiger partial charge in [-0.2, -0.15) is 0 Å². The van der Waals surface area contributed by atoms with E-state index >= 15 is 0 Å². The lowest BCUT2D eigenvalue weighted by atomic mass is 9.98. The number of aliphatic carboxylic acids is 1. The summed E-state index contributed by atoms with van der Waals surface area (Å²) in [7, 11) is 1.41. The summed E-state index contributed by atoms with van der Waals surface area (Å²) in [5.74, 6) is -2.49. The van der Waals surface area contributed by atoms with E-state index in [0.29, 0.717) is 0 Å². The number of nitrogens with one attached hydrogen (secondary N) is 2. The molecule has 2 aromatic carbocycles. The maximum absolute atomic E-state index is 12.9. The number of carboxylic acid groups (broad SMARTS) is 1. The number of carbonyl (C=O) groups is 3. The number of rotatable bonds is 9. The molecule has 0 heterocycles. The molecule has 0 aromatic heterocycles. The third kappa shape index (κ3) is 5.17. The summed E-state index contributed by atoms with van der Waals surface area (Å²) in [6, 6.07) is 15.4. The molecule has 0 saturated carbocycles. The van der Waals surface area contributed by atoms with E-state index in [1.54, 1.807) is 6.92 Å². The van der Waals surface area contributed by atoms with Gasteiger partial charge in [0, 0.05) is 19.1 Å². The van der Waals surface area contributed by atoms with E-state index in [4.69, 9.17) is 14.6 Å². The molecule has 1 aliphatic carbocycles. The van der Waals surface area contributed by atoms with Crippen molar-refractivity contribution in [3.05, 3.63) is 59.7 Å². The molecule has 33 heavy (non-hydrogen) atoms. The number of benzene rings is 2. The first-order valence-electron chi connectivity index (χ1n) is 10.8. The fourth-order valence-electron chi connectivity index (χ4n) is 4.01. The number of fused-ring (bicyclic) bond motifs is 3. The van der Waals surface area contributed by atoms with Gasteiger partial charge in [0.25, 0.3) is 0 Å². The number of carbonyl (C=O) groups excluding carboxylic acids is 2. The van der Waals surface area contributed by atoms with Crippen molar-refractivity contribution in [3.8, 4) is 11.1 Å². The highest BCUT2D eigenvalue weighted by atomic mass is 16.5. The van der Waals surface area contributed by atoms with Gasteiger partial charge in [0.2, 0.25) is 5.91 Å². The Morgan fingerprint density at radius 3 is 2.09 bits per heavy atom. The lowest BCUT2D eigenvalue weighted by Crippen LogP contribution is -2.61. The Morgan fingerprint density at radius 1 is 1.03 bits per heavy atom. The lowest BCUT2D eigenvalue weighted by Gasteiger charge is -2.31. The minimum atomic E-state index is -1.44. The van der Waals surface area contributed by atoms with Crippen molar-refractivity contribution in [3.63, 3.8) is 0 Å². The minimum absolute atomic E-state index is 0.108. The van der Waals surface area contributed by atoms with Crippen LogP contribution in [0, 0.1) is 5.92 Å². The second-order valence-electron chi connectivity index (χ2n) is 8.60. The van der Waals surface area contributed by atoms with Crippen molar-refractivity contribution in [1.29, 1.82) is 0 Å². The third-order valence-electron chi connectivity index (χ3n) is 6.15. The number of methoxy groups -OCH3 is 1. The molecule has 3 N–H and O–H groups in total. The fourth-order valence-corrected chi connectivity index (χ4v) is 4.01. The van der Waals surface area contributed by atoms with E-state index in [1.165, 1.54) is 21.0 Å². The van der Waals surface area contributed by atoms with Gasteiger partial charge in [0.1, 0.15) is 12.1 Å². The summed E-state index contributed by atoms with van der Waals surface area (Å²) in [6.45, 7) is 4.59. The van der Waals surface area contributed by atoms with E-state index in [0.717, 1.165) is 22.3 Å². The summed E-state index contributed by atoms with van der Waals surface area (Å²) in [6.07, 6.45) is -0.759. The average molecular weight is 455 g/mol. The number of hydrogen-bond donors (Lipinski definition) is 3. The fraction of sp³-hybridized carbons (Fsp3) is 0.400. The van der Waals surface area contributed by atoms with Crippen LogP contribution in [0.5, 0.6) is 0 Å². The van der Waals surface area contributed by atoms with E-state index in [9.17, 15) is 14.4 Å². The quantitative estimate of drug-likeness (QED) is 0.536. The van der Waals surface area contributed by atoms with Gasteiger partial charge in [-0.1, -0.05) is 48.5 Å². The van der Waals surface area contributed by atoms with E-state index in [2.05, 4.69) is 10.6 Å². The smallest absolute Gasteiger partial charge is 0.408 e. The zero-order valence-corrected chi connectivity index (χ0v) is 19.3. The molecule has 0 spiro atoms. The zero-order chi connectivity index (χ0) is 24.2. The van der Waals surface area contributed by atoms with Gasteiger partial charge in [0.05, 0.1) is 12.5 Å². The highest BCUT2D eigenvalue weighted by molar-refractivity contribution is 5.90. The largest absolute Gasteiger partial charge is 0.481 e. The summed E-state index contributed by atoms with van der Waals surface area (Å²) in [4.78, 5) is 36.7. The number of amides is 2. The maximum Gasteiger partial charge on any atom is 0.408 e. The molecule has 2 aromatic rings. The number of hydrogen-bond acceptors (Lipinski definition) is 5. The summed E-state index contributed by atoms with van der Waals surface area (Å²) >= 11 is 0. The van der Waals surface area contributed by atoms with Crippen LogP contribution >= 0.6 is 0 Å². The van der Waals surface area contributed by atoms with Crippen molar-refractivity contribution >= 4 is 18.0 Å². The van der Waals surface area contributed by atoms with Crippen LogP contribution in [0.2, 0.25) is 0 Å². The molecule has 2 amide bonds. The monoisotopic (exact) mass is 454 g/mol.